The van der Waals surface area contributed by atoms with Crippen molar-refractivity contribution in [3.8, 4) is 0 Å². The van der Waals surface area contributed by atoms with E-state index in [0.717, 1.165) is 11.1 Å². The standard InChI is InChI=1S/C30H38ClN3O6S/c31-25-10-8-23(17-32)22(15-25)9-11-28(36)27-7-4-13-34(27)30(38)24(16-29(37)33-14-12-26(35)18-33)20-41(39,40)19-21-5-2-1-3-6-21/h1-3,5-6,8,10,15,24,26-27,35H,4,7,9,11-14,16-20,32H2/t24-,26-,27-/m0/s1. The number of aryl methyl sites for hydroxylation is 1. The zero-order chi connectivity index (χ0) is 29.6. The van der Waals surface area contributed by atoms with Gasteiger partial charge in [0.15, 0.2) is 15.6 Å². The van der Waals surface area contributed by atoms with Crippen LogP contribution in [0.5, 0.6) is 0 Å². The van der Waals surface area contributed by atoms with Crippen LogP contribution in [0.1, 0.15) is 48.8 Å². The quantitative estimate of drug-likeness (QED) is 0.380. The highest BCUT2D eigenvalue weighted by molar-refractivity contribution is 7.90. The molecule has 2 aliphatic heterocycles. The van der Waals surface area contributed by atoms with E-state index in [1.165, 1.54) is 9.80 Å². The summed E-state index contributed by atoms with van der Waals surface area (Å²) in [5, 5.41) is 10.4. The number of hydrogen-bond acceptors (Lipinski definition) is 7. The first kappa shape index (κ1) is 31.2. The Morgan fingerprint density at radius 2 is 1.80 bits per heavy atom. The van der Waals surface area contributed by atoms with Crippen LogP contribution in [0.2, 0.25) is 5.02 Å². The van der Waals surface area contributed by atoms with Crippen molar-refractivity contribution in [1.29, 1.82) is 0 Å². The van der Waals surface area contributed by atoms with Crippen molar-refractivity contribution in [1.82, 2.24) is 9.80 Å². The molecule has 0 spiro atoms. The van der Waals surface area contributed by atoms with E-state index in [2.05, 4.69) is 0 Å². The largest absolute Gasteiger partial charge is 0.391 e. The number of carbonyl (C=O) groups excluding carboxylic acids is 3. The van der Waals surface area contributed by atoms with Gasteiger partial charge in [0.1, 0.15) is 0 Å². The Bertz CT molecular complexity index is 1350. The average Bonchev–Trinajstić information content (AvgIpc) is 3.61. The highest BCUT2D eigenvalue weighted by atomic mass is 35.5. The number of benzene rings is 2. The molecule has 9 nitrogen and oxygen atoms in total. The van der Waals surface area contributed by atoms with Gasteiger partial charge in [-0.25, -0.2) is 8.42 Å². The Morgan fingerprint density at radius 3 is 2.49 bits per heavy atom. The van der Waals surface area contributed by atoms with Crippen LogP contribution in [0, 0.1) is 5.92 Å². The minimum Gasteiger partial charge on any atom is -0.391 e. The van der Waals surface area contributed by atoms with Crippen LogP contribution in [0.4, 0.5) is 0 Å². The first-order chi connectivity index (χ1) is 19.6. The number of ketones is 1. The molecule has 0 saturated carbocycles. The monoisotopic (exact) mass is 603 g/mol. The summed E-state index contributed by atoms with van der Waals surface area (Å²) in [6.07, 6.45) is 1.23. The Balaban J connectivity index is 1.49. The zero-order valence-electron chi connectivity index (χ0n) is 23.1. The molecule has 3 N–H and O–H groups in total. The number of amides is 2. The fraction of sp³-hybridized carbons (Fsp3) is 0.500. The molecule has 2 aliphatic rings. The smallest absolute Gasteiger partial charge is 0.227 e. The normalized spacial score (nSPS) is 19.9. The van der Waals surface area contributed by atoms with Crippen molar-refractivity contribution in [2.45, 2.75) is 63.0 Å². The van der Waals surface area contributed by atoms with E-state index < -0.39 is 39.6 Å². The highest BCUT2D eigenvalue weighted by Gasteiger charge is 2.40. The van der Waals surface area contributed by atoms with Crippen molar-refractivity contribution in [2.75, 3.05) is 25.4 Å². The molecule has 0 unspecified atom stereocenters. The first-order valence-electron chi connectivity index (χ1n) is 14.1. The summed E-state index contributed by atoms with van der Waals surface area (Å²) < 4.78 is 26.4. The van der Waals surface area contributed by atoms with Crippen LogP contribution in [0.3, 0.4) is 0 Å². The fourth-order valence-electron chi connectivity index (χ4n) is 5.77. The maximum Gasteiger partial charge on any atom is 0.227 e. The van der Waals surface area contributed by atoms with Crippen LogP contribution in [0.25, 0.3) is 0 Å². The zero-order valence-corrected chi connectivity index (χ0v) is 24.7. The Labute approximate surface area is 246 Å². The van der Waals surface area contributed by atoms with Crippen LogP contribution in [-0.2, 0) is 42.9 Å². The van der Waals surface area contributed by atoms with Gasteiger partial charge in [-0.05, 0) is 54.5 Å². The molecule has 0 bridgehead atoms. The molecule has 2 saturated heterocycles. The second-order valence-electron chi connectivity index (χ2n) is 11.0. The van der Waals surface area contributed by atoms with Gasteiger partial charge in [0.05, 0.1) is 29.6 Å². The number of halogens is 1. The van der Waals surface area contributed by atoms with Crippen molar-refractivity contribution in [3.63, 3.8) is 0 Å². The van der Waals surface area contributed by atoms with Crippen LogP contribution in [-0.4, -0.2) is 78.5 Å². The van der Waals surface area contributed by atoms with Gasteiger partial charge in [-0.1, -0.05) is 48.0 Å². The molecule has 2 aromatic rings. The van der Waals surface area contributed by atoms with Gasteiger partial charge in [-0.2, -0.15) is 0 Å². The molecule has 2 fully saturated rings. The summed E-state index contributed by atoms with van der Waals surface area (Å²) in [4.78, 5) is 43.3. The number of hydrogen-bond donors (Lipinski definition) is 2. The number of β-amino-alcohol motifs (C(OH)–C–C–N with tert-alkyl or cyclic N) is 1. The van der Waals surface area contributed by atoms with Crippen LogP contribution in [0.15, 0.2) is 48.5 Å². The molecule has 0 aromatic heterocycles. The fourth-order valence-corrected chi connectivity index (χ4v) is 7.66. The van der Waals surface area contributed by atoms with Crippen molar-refractivity contribution in [3.05, 3.63) is 70.2 Å². The van der Waals surface area contributed by atoms with E-state index in [9.17, 15) is 27.9 Å². The van der Waals surface area contributed by atoms with Crippen LogP contribution >= 0.6 is 11.6 Å². The second-order valence-corrected chi connectivity index (χ2v) is 13.5. The molecule has 2 heterocycles. The maximum absolute atomic E-state index is 13.9. The number of aliphatic hydroxyl groups excluding tert-OH is 1. The summed E-state index contributed by atoms with van der Waals surface area (Å²) in [5.74, 6) is -2.84. The van der Waals surface area contributed by atoms with Gasteiger partial charge in [-0.3, -0.25) is 14.4 Å². The van der Waals surface area contributed by atoms with E-state index >= 15 is 0 Å². The number of nitrogens with two attached hydrogens (primary N) is 1. The second kappa shape index (κ2) is 13.9. The third kappa shape index (κ3) is 8.38. The molecule has 11 heteroatoms. The van der Waals surface area contributed by atoms with E-state index in [-0.39, 0.29) is 36.8 Å². The molecule has 222 valence electrons. The minimum absolute atomic E-state index is 0.112. The number of likely N-dealkylation sites (tertiary alicyclic amines) is 2. The Kier molecular flexibility index (Phi) is 10.6. The van der Waals surface area contributed by atoms with Gasteiger partial charge >= 0.3 is 0 Å². The van der Waals surface area contributed by atoms with Gasteiger partial charge in [0, 0.05) is 44.0 Å². The molecular formula is C30H38ClN3O6S. The minimum atomic E-state index is -3.76. The third-order valence-electron chi connectivity index (χ3n) is 7.91. The van der Waals surface area contributed by atoms with E-state index in [1.807, 2.05) is 6.07 Å². The summed E-state index contributed by atoms with van der Waals surface area (Å²) in [6.45, 7) is 1.16. The van der Waals surface area contributed by atoms with Gasteiger partial charge < -0.3 is 20.6 Å². The third-order valence-corrected chi connectivity index (χ3v) is 9.83. The van der Waals surface area contributed by atoms with Gasteiger partial charge in [0.2, 0.25) is 11.8 Å². The number of aliphatic hydroxyl groups is 1. The molecule has 41 heavy (non-hydrogen) atoms. The summed E-state index contributed by atoms with van der Waals surface area (Å²) in [6, 6.07) is 13.4. The molecule has 2 aromatic carbocycles. The van der Waals surface area contributed by atoms with Crippen molar-refractivity contribution < 1.29 is 27.9 Å². The number of carbonyl (C=O) groups is 3. The predicted molar refractivity (Wildman–Crippen MR) is 157 cm³/mol. The number of rotatable bonds is 12. The van der Waals surface area contributed by atoms with Crippen molar-refractivity contribution in [2.24, 2.45) is 11.7 Å². The number of nitrogens with zero attached hydrogens (tertiary/aromatic N) is 2. The molecule has 3 atom stereocenters. The SMILES string of the molecule is NCc1ccc(Cl)cc1CCC(=O)[C@@H]1CCCN1C(=O)[C@@H](CC(=O)N1CC[C@H](O)C1)CS(=O)(=O)Cc1ccccc1. The molecule has 2 amide bonds. The lowest BCUT2D eigenvalue weighted by Gasteiger charge is -2.29. The Morgan fingerprint density at radius 1 is 1.05 bits per heavy atom. The lowest BCUT2D eigenvalue weighted by atomic mass is 9.97. The molecule has 0 radical (unpaired) electrons. The van der Waals surface area contributed by atoms with Gasteiger partial charge in [0.25, 0.3) is 0 Å². The van der Waals surface area contributed by atoms with Gasteiger partial charge in [-0.15, -0.1) is 0 Å². The van der Waals surface area contributed by atoms with Crippen LogP contribution < -0.4 is 5.73 Å². The summed E-state index contributed by atoms with van der Waals surface area (Å²) >= 11 is 6.14. The number of Topliss-reactive ketones (excluding diaryl/α,β-unsaturated/α-hetero) is 1. The van der Waals surface area contributed by atoms with E-state index in [1.54, 1.807) is 42.5 Å². The molecular weight excluding hydrogens is 566 g/mol. The lowest BCUT2D eigenvalue weighted by molar-refractivity contribution is -0.143. The molecule has 4 rings (SSSR count). The summed E-state index contributed by atoms with van der Waals surface area (Å²) in [7, 11) is -3.76. The average molecular weight is 604 g/mol. The lowest BCUT2D eigenvalue weighted by Crippen LogP contribution is -2.46. The van der Waals surface area contributed by atoms with Crippen molar-refractivity contribution >= 4 is 39.0 Å². The van der Waals surface area contributed by atoms with E-state index in [4.69, 9.17) is 17.3 Å². The number of sulfone groups is 1. The predicted octanol–water partition coefficient (Wildman–Crippen LogP) is 2.51. The highest BCUT2D eigenvalue weighted by Crippen LogP contribution is 2.26. The maximum atomic E-state index is 13.9. The molecule has 0 aliphatic carbocycles. The topological polar surface area (TPSA) is 138 Å². The summed E-state index contributed by atoms with van der Waals surface area (Å²) in [5.41, 5.74) is 8.22. The first-order valence-corrected chi connectivity index (χ1v) is 16.3. The van der Waals surface area contributed by atoms with E-state index in [0.29, 0.717) is 55.9 Å². The Hall–Kier alpha value is -2.79.